The maximum atomic E-state index is 6.39. The van der Waals surface area contributed by atoms with Crippen LogP contribution in [0.15, 0.2) is 54.9 Å². The van der Waals surface area contributed by atoms with Gasteiger partial charge in [0.05, 0.1) is 25.5 Å². The minimum atomic E-state index is -0.518. The van der Waals surface area contributed by atoms with Crippen LogP contribution in [0.5, 0.6) is 17.2 Å². The van der Waals surface area contributed by atoms with Crippen molar-refractivity contribution in [3.05, 3.63) is 76.8 Å². The van der Waals surface area contributed by atoms with E-state index in [9.17, 15) is 0 Å². The van der Waals surface area contributed by atoms with Gasteiger partial charge in [0.2, 0.25) is 0 Å². The third kappa shape index (κ3) is 5.62. The Labute approximate surface area is 182 Å². The maximum absolute atomic E-state index is 6.39. The Morgan fingerprint density at radius 2 is 1.77 bits per heavy atom. The average Bonchev–Trinajstić information content (AvgIpc) is 2.78. The van der Waals surface area contributed by atoms with E-state index < -0.39 is 6.04 Å². The normalized spacial score (nSPS) is 11.7. The molecule has 1 atom stereocenters. The Morgan fingerprint density at radius 1 is 1.00 bits per heavy atom. The van der Waals surface area contributed by atoms with Gasteiger partial charge in [-0.1, -0.05) is 43.1 Å². The molecule has 3 aromatic rings. The minimum absolute atomic E-state index is 0.290. The van der Waals surface area contributed by atoms with Crippen LogP contribution in [-0.4, -0.2) is 23.7 Å². The maximum Gasteiger partial charge on any atom is 0.161 e. The molecule has 0 saturated heterocycles. The number of rotatable bonds is 10. The van der Waals surface area contributed by atoms with Gasteiger partial charge in [0.1, 0.15) is 12.4 Å². The monoisotopic (exact) mass is 427 g/mol. The molecular formula is C23H26ClN3O3. The van der Waals surface area contributed by atoms with Crippen LogP contribution in [0.25, 0.3) is 0 Å². The van der Waals surface area contributed by atoms with Gasteiger partial charge < -0.3 is 19.9 Å². The summed E-state index contributed by atoms with van der Waals surface area (Å²) in [4.78, 5) is 8.33. The van der Waals surface area contributed by atoms with Gasteiger partial charge >= 0.3 is 0 Å². The van der Waals surface area contributed by atoms with Gasteiger partial charge in [-0.2, -0.15) is 0 Å². The molecule has 1 unspecified atom stereocenters. The molecular weight excluding hydrogens is 402 g/mol. The summed E-state index contributed by atoms with van der Waals surface area (Å²) in [5.41, 5.74) is 8.76. The molecule has 0 amide bonds. The Morgan fingerprint density at radius 3 is 2.47 bits per heavy atom. The largest absolute Gasteiger partial charge is 0.497 e. The Bertz CT molecular complexity index is 951. The van der Waals surface area contributed by atoms with E-state index in [0.29, 0.717) is 35.6 Å². The molecule has 0 radical (unpaired) electrons. The number of hydrogen-bond acceptors (Lipinski definition) is 6. The van der Waals surface area contributed by atoms with Crippen LogP contribution in [-0.2, 0) is 6.61 Å². The SMILES string of the molecule is CCCCOc1cc(C(N)c2nccnc2Cl)ccc1OCc1ccc(OC)cc1. The van der Waals surface area contributed by atoms with E-state index in [4.69, 9.17) is 31.5 Å². The molecule has 0 aliphatic carbocycles. The van der Waals surface area contributed by atoms with Gasteiger partial charge in [-0.3, -0.25) is 4.98 Å². The fourth-order valence-corrected chi connectivity index (χ4v) is 3.08. The van der Waals surface area contributed by atoms with E-state index >= 15 is 0 Å². The van der Waals surface area contributed by atoms with Crippen molar-refractivity contribution in [3.8, 4) is 17.2 Å². The highest BCUT2D eigenvalue weighted by molar-refractivity contribution is 6.30. The van der Waals surface area contributed by atoms with E-state index in [1.807, 2.05) is 42.5 Å². The minimum Gasteiger partial charge on any atom is -0.497 e. The van der Waals surface area contributed by atoms with Crippen LogP contribution in [0.3, 0.4) is 0 Å². The molecule has 2 aromatic carbocycles. The summed E-state index contributed by atoms with van der Waals surface area (Å²) in [5.74, 6) is 2.11. The zero-order chi connectivity index (χ0) is 21.3. The second kappa shape index (κ2) is 10.8. The van der Waals surface area contributed by atoms with Crippen molar-refractivity contribution >= 4 is 11.6 Å². The lowest BCUT2D eigenvalue weighted by atomic mass is 10.0. The standard InChI is InChI=1S/C23H26ClN3O3/c1-3-4-13-29-20-14-17(21(25)22-23(24)27-12-11-26-22)7-10-19(20)30-15-16-5-8-18(28-2)9-6-16/h5-12,14,21H,3-4,13,15,25H2,1-2H3. The summed E-state index contributed by atoms with van der Waals surface area (Å²) < 4.78 is 17.2. The molecule has 1 aromatic heterocycles. The first kappa shape index (κ1) is 21.9. The number of unbranched alkanes of at least 4 members (excludes halogenated alkanes) is 1. The molecule has 0 spiro atoms. The second-order valence-corrected chi connectivity index (χ2v) is 7.11. The van der Waals surface area contributed by atoms with Crippen molar-refractivity contribution in [2.75, 3.05) is 13.7 Å². The van der Waals surface area contributed by atoms with Crippen LogP contribution in [0.1, 0.15) is 42.6 Å². The number of ether oxygens (including phenoxy) is 3. The second-order valence-electron chi connectivity index (χ2n) is 6.75. The Kier molecular flexibility index (Phi) is 7.88. The lowest BCUT2D eigenvalue weighted by Gasteiger charge is -2.17. The van der Waals surface area contributed by atoms with Crippen molar-refractivity contribution in [3.63, 3.8) is 0 Å². The van der Waals surface area contributed by atoms with Gasteiger partial charge in [-0.05, 0) is 41.8 Å². The number of aromatic nitrogens is 2. The lowest BCUT2D eigenvalue weighted by molar-refractivity contribution is 0.258. The fourth-order valence-electron chi connectivity index (χ4n) is 2.86. The molecule has 0 aliphatic heterocycles. The first-order chi connectivity index (χ1) is 14.6. The number of nitrogens with two attached hydrogens (primary N) is 1. The van der Waals surface area contributed by atoms with E-state index in [-0.39, 0.29) is 0 Å². The van der Waals surface area contributed by atoms with E-state index in [1.54, 1.807) is 13.3 Å². The van der Waals surface area contributed by atoms with E-state index in [2.05, 4.69) is 16.9 Å². The highest BCUT2D eigenvalue weighted by atomic mass is 35.5. The van der Waals surface area contributed by atoms with Crippen LogP contribution < -0.4 is 19.9 Å². The third-order valence-electron chi connectivity index (χ3n) is 4.61. The highest BCUT2D eigenvalue weighted by Gasteiger charge is 2.17. The topological polar surface area (TPSA) is 79.5 Å². The smallest absolute Gasteiger partial charge is 0.161 e. The number of methoxy groups -OCH3 is 1. The van der Waals surface area contributed by atoms with Gasteiger partial charge in [0, 0.05) is 12.4 Å². The van der Waals surface area contributed by atoms with Crippen molar-refractivity contribution in [2.24, 2.45) is 5.73 Å². The predicted molar refractivity (Wildman–Crippen MR) is 117 cm³/mol. The first-order valence-corrected chi connectivity index (χ1v) is 10.2. The van der Waals surface area contributed by atoms with Crippen molar-refractivity contribution in [1.29, 1.82) is 0 Å². The molecule has 6 nitrogen and oxygen atoms in total. The molecule has 30 heavy (non-hydrogen) atoms. The number of benzene rings is 2. The van der Waals surface area contributed by atoms with Gasteiger partial charge in [0.15, 0.2) is 16.7 Å². The summed E-state index contributed by atoms with van der Waals surface area (Å²) >= 11 is 6.16. The number of halogens is 1. The Hall–Kier alpha value is -2.83. The van der Waals surface area contributed by atoms with E-state index in [0.717, 1.165) is 29.7 Å². The number of nitrogens with zero attached hydrogens (tertiary/aromatic N) is 2. The zero-order valence-corrected chi connectivity index (χ0v) is 17.9. The van der Waals surface area contributed by atoms with Crippen molar-refractivity contribution in [1.82, 2.24) is 9.97 Å². The summed E-state index contributed by atoms with van der Waals surface area (Å²) in [6.45, 7) is 3.13. The quantitative estimate of drug-likeness (QED) is 0.461. The fraction of sp³-hybridized carbons (Fsp3) is 0.304. The first-order valence-electron chi connectivity index (χ1n) is 9.86. The van der Waals surface area contributed by atoms with Gasteiger partial charge in [-0.25, -0.2) is 4.98 Å². The zero-order valence-electron chi connectivity index (χ0n) is 17.2. The van der Waals surface area contributed by atoms with Crippen LogP contribution in [0.4, 0.5) is 0 Å². The van der Waals surface area contributed by atoms with Crippen molar-refractivity contribution < 1.29 is 14.2 Å². The summed E-state index contributed by atoms with van der Waals surface area (Å²) in [6, 6.07) is 12.9. The predicted octanol–water partition coefficient (Wildman–Crippen LogP) is 4.94. The van der Waals surface area contributed by atoms with Crippen LogP contribution in [0, 0.1) is 0 Å². The highest BCUT2D eigenvalue weighted by Crippen LogP contribution is 2.33. The van der Waals surface area contributed by atoms with Crippen molar-refractivity contribution in [2.45, 2.75) is 32.4 Å². The summed E-state index contributed by atoms with van der Waals surface area (Å²) in [7, 11) is 1.64. The van der Waals surface area contributed by atoms with Crippen LogP contribution in [0.2, 0.25) is 5.15 Å². The molecule has 0 saturated carbocycles. The number of hydrogen-bond donors (Lipinski definition) is 1. The lowest BCUT2D eigenvalue weighted by Crippen LogP contribution is -2.15. The molecule has 3 rings (SSSR count). The molecule has 0 fully saturated rings. The molecule has 158 valence electrons. The average molecular weight is 428 g/mol. The van der Waals surface area contributed by atoms with Gasteiger partial charge in [0.25, 0.3) is 0 Å². The summed E-state index contributed by atoms with van der Waals surface area (Å²) in [5, 5.41) is 0.290. The van der Waals surface area contributed by atoms with E-state index in [1.165, 1.54) is 6.20 Å². The molecule has 0 aliphatic rings. The molecule has 1 heterocycles. The molecule has 2 N–H and O–H groups in total. The van der Waals surface area contributed by atoms with Crippen LogP contribution >= 0.6 is 11.6 Å². The Balaban J connectivity index is 1.80. The third-order valence-corrected chi connectivity index (χ3v) is 4.90. The molecule has 0 bridgehead atoms. The summed E-state index contributed by atoms with van der Waals surface area (Å²) in [6.07, 6.45) is 5.10. The van der Waals surface area contributed by atoms with Gasteiger partial charge in [-0.15, -0.1) is 0 Å². The molecule has 7 heteroatoms.